The van der Waals surface area contributed by atoms with E-state index >= 15 is 0 Å². The highest BCUT2D eigenvalue weighted by Gasteiger charge is 2.45. The van der Waals surface area contributed by atoms with E-state index in [0.717, 1.165) is 5.75 Å². The number of hydrogen-bond donors (Lipinski definition) is 2. The highest BCUT2D eigenvalue weighted by Crippen LogP contribution is 2.29. The summed E-state index contributed by atoms with van der Waals surface area (Å²) >= 11 is 1.47. The molecule has 2 aliphatic rings. The van der Waals surface area contributed by atoms with Gasteiger partial charge in [-0.05, 0) is 24.8 Å². The molecule has 1 atom stereocenters. The standard InChI is InChI=1S/C14H16N6O2S/c1-3-23-13-17-12(18-19-13)16-11(22)14(2)8-10(21)15-9-6-4-5-7-20(9)14/h4-7H,3,8H2,1-2H3,(H2,16,17,18,19,22). The Morgan fingerprint density at radius 1 is 1.52 bits per heavy atom. The van der Waals surface area contributed by atoms with Crippen molar-refractivity contribution >= 4 is 35.4 Å². The first-order valence-corrected chi connectivity index (χ1v) is 8.14. The van der Waals surface area contributed by atoms with Gasteiger partial charge in [0, 0.05) is 6.20 Å². The van der Waals surface area contributed by atoms with Crippen LogP contribution < -0.4 is 5.32 Å². The second kappa shape index (κ2) is 5.99. The number of rotatable bonds is 4. The number of H-pyrrole nitrogens is 1. The molecule has 9 heteroatoms. The lowest BCUT2D eigenvalue weighted by Crippen LogP contribution is -2.58. The molecule has 2 aliphatic heterocycles. The predicted molar refractivity (Wildman–Crippen MR) is 87.0 cm³/mol. The molecule has 23 heavy (non-hydrogen) atoms. The maximum atomic E-state index is 12.7. The Bertz CT molecular complexity index is 737. The number of nitrogens with zero attached hydrogens (tertiary/aromatic N) is 4. The maximum Gasteiger partial charge on any atom is 0.253 e. The average Bonchev–Trinajstić information content (AvgIpc) is 2.94. The molecular weight excluding hydrogens is 316 g/mol. The smallest absolute Gasteiger partial charge is 0.253 e. The molecule has 0 spiro atoms. The third kappa shape index (κ3) is 2.91. The molecule has 3 rings (SSSR count). The van der Waals surface area contributed by atoms with Crippen LogP contribution in [-0.4, -0.2) is 49.0 Å². The minimum absolute atomic E-state index is 0.00871. The van der Waals surface area contributed by atoms with Crippen LogP contribution in [0.3, 0.4) is 0 Å². The molecule has 1 aromatic heterocycles. The molecule has 8 nitrogen and oxygen atoms in total. The molecule has 3 heterocycles. The number of nitrogens with one attached hydrogen (secondary N) is 2. The molecule has 0 bridgehead atoms. The normalized spacial score (nSPS) is 22.8. The van der Waals surface area contributed by atoms with E-state index < -0.39 is 5.54 Å². The fourth-order valence-electron chi connectivity index (χ4n) is 2.42. The number of amides is 2. The Labute approximate surface area is 137 Å². The second-order valence-electron chi connectivity index (χ2n) is 5.24. The van der Waals surface area contributed by atoms with Gasteiger partial charge in [0.25, 0.3) is 11.8 Å². The van der Waals surface area contributed by atoms with Gasteiger partial charge >= 0.3 is 0 Å². The highest BCUT2D eigenvalue weighted by molar-refractivity contribution is 7.99. The van der Waals surface area contributed by atoms with Gasteiger partial charge in [-0.1, -0.05) is 24.8 Å². The van der Waals surface area contributed by atoms with Crippen molar-refractivity contribution in [3.63, 3.8) is 0 Å². The first-order valence-electron chi connectivity index (χ1n) is 7.15. The van der Waals surface area contributed by atoms with Crippen LogP contribution in [0, 0.1) is 0 Å². The number of fused-ring (bicyclic) bond motifs is 1. The van der Waals surface area contributed by atoms with E-state index in [1.165, 1.54) is 11.8 Å². The highest BCUT2D eigenvalue weighted by atomic mass is 32.2. The minimum Gasteiger partial charge on any atom is -0.317 e. The van der Waals surface area contributed by atoms with Gasteiger partial charge in [0.2, 0.25) is 11.1 Å². The lowest BCUT2D eigenvalue weighted by molar-refractivity contribution is -0.130. The van der Waals surface area contributed by atoms with Crippen molar-refractivity contribution in [2.75, 3.05) is 11.1 Å². The number of anilines is 1. The SMILES string of the molecule is CCSc1n[nH]c(NC(=O)C2(C)CC(=O)N=C3C=CC=CN32)n1. The van der Waals surface area contributed by atoms with Crippen LogP contribution in [0.2, 0.25) is 0 Å². The Morgan fingerprint density at radius 3 is 3.13 bits per heavy atom. The lowest BCUT2D eigenvalue weighted by Gasteiger charge is -2.41. The number of aromatic amines is 1. The van der Waals surface area contributed by atoms with Crippen LogP contribution in [0.25, 0.3) is 0 Å². The molecule has 0 fully saturated rings. The van der Waals surface area contributed by atoms with Crippen LogP contribution in [0.15, 0.2) is 34.6 Å². The summed E-state index contributed by atoms with van der Waals surface area (Å²) < 4.78 is 0. The van der Waals surface area contributed by atoms with Gasteiger partial charge in [-0.15, -0.1) is 5.10 Å². The van der Waals surface area contributed by atoms with Crippen molar-refractivity contribution in [2.24, 2.45) is 4.99 Å². The van der Waals surface area contributed by atoms with E-state index in [1.807, 2.05) is 6.92 Å². The van der Waals surface area contributed by atoms with Crippen LogP contribution in [0.4, 0.5) is 5.95 Å². The Hall–Kier alpha value is -2.42. The molecule has 120 valence electrons. The number of carbonyl (C=O) groups is 2. The van der Waals surface area contributed by atoms with Gasteiger partial charge in [0.15, 0.2) is 0 Å². The Morgan fingerprint density at radius 2 is 2.35 bits per heavy atom. The van der Waals surface area contributed by atoms with Crippen molar-refractivity contribution in [1.29, 1.82) is 0 Å². The van der Waals surface area contributed by atoms with E-state index in [9.17, 15) is 9.59 Å². The van der Waals surface area contributed by atoms with E-state index in [1.54, 1.807) is 36.3 Å². The van der Waals surface area contributed by atoms with Crippen LogP contribution in [0.1, 0.15) is 20.3 Å². The third-order valence-electron chi connectivity index (χ3n) is 3.56. The summed E-state index contributed by atoms with van der Waals surface area (Å²) in [7, 11) is 0. The topological polar surface area (TPSA) is 103 Å². The largest absolute Gasteiger partial charge is 0.317 e. The van der Waals surface area contributed by atoms with Crippen molar-refractivity contribution in [1.82, 2.24) is 20.1 Å². The minimum atomic E-state index is -1.07. The number of thioether (sulfide) groups is 1. The first-order chi connectivity index (χ1) is 11.0. The van der Waals surface area contributed by atoms with Crippen molar-refractivity contribution in [2.45, 2.75) is 31.0 Å². The molecule has 0 aromatic carbocycles. The van der Waals surface area contributed by atoms with Crippen molar-refractivity contribution in [3.05, 3.63) is 24.4 Å². The van der Waals surface area contributed by atoms with E-state index in [0.29, 0.717) is 11.0 Å². The van der Waals surface area contributed by atoms with Gasteiger partial charge in [-0.25, -0.2) is 5.10 Å². The van der Waals surface area contributed by atoms with Gasteiger partial charge in [0.1, 0.15) is 11.4 Å². The van der Waals surface area contributed by atoms with Crippen LogP contribution in [0.5, 0.6) is 0 Å². The van der Waals surface area contributed by atoms with Gasteiger partial charge in [-0.2, -0.15) is 9.98 Å². The number of hydrogen-bond acceptors (Lipinski definition) is 6. The molecule has 1 aromatic rings. The molecule has 1 unspecified atom stereocenters. The van der Waals surface area contributed by atoms with E-state index in [2.05, 4.69) is 25.5 Å². The predicted octanol–water partition coefficient (Wildman–Crippen LogP) is 1.33. The summed E-state index contributed by atoms with van der Waals surface area (Å²) in [6, 6.07) is 0. The van der Waals surface area contributed by atoms with E-state index in [4.69, 9.17) is 0 Å². The summed E-state index contributed by atoms with van der Waals surface area (Å²) in [5.74, 6) is 0.889. The molecule has 0 radical (unpaired) electrons. The molecule has 0 saturated carbocycles. The molecular formula is C14H16N6O2S. The summed E-state index contributed by atoms with van der Waals surface area (Å²) in [4.78, 5) is 34.5. The fraction of sp³-hybridized carbons (Fsp3) is 0.357. The third-order valence-corrected chi connectivity index (χ3v) is 4.29. The Balaban J connectivity index is 1.82. The second-order valence-corrected chi connectivity index (χ2v) is 6.47. The average molecular weight is 332 g/mol. The van der Waals surface area contributed by atoms with E-state index in [-0.39, 0.29) is 24.2 Å². The number of aromatic nitrogens is 3. The monoisotopic (exact) mass is 332 g/mol. The first kappa shape index (κ1) is 15.5. The number of allylic oxidation sites excluding steroid dienone is 2. The quantitative estimate of drug-likeness (QED) is 0.806. The summed E-state index contributed by atoms with van der Waals surface area (Å²) in [6.45, 7) is 3.70. The molecule has 2 N–H and O–H groups in total. The number of carbonyl (C=O) groups excluding carboxylic acids is 2. The van der Waals surface area contributed by atoms with Crippen LogP contribution >= 0.6 is 11.8 Å². The number of aliphatic imine (C=N–C) groups is 1. The number of amidine groups is 1. The molecule has 0 aliphatic carbocycles. The summed E-state index contributed by atoms with van der Waals surface area (Å²) in [5, 5.41) is 9.95. The fourth-order valence-corrected chi connectivity index (χ4v) is 2.94. The van der Waals surface area contributed by atoms with Crippen molar-refractivity contribution < 1.29 is 9.59 Å². The maximum absolute atomic E-state index is 12.7. The zero-order chi connectivity index (χ0) is 16.4. The van der Waals surface area contributed by atoms with Crippen LogP contribution in [-0.2, 0) is 9.59 Å². The van der Waals surface area contributed by atoms with Gasteiger partial charge in [-0.3, -0.25) is 14.9 Å². The lowest BCUT2D eigenvalue weighted by atomic mass is 9.91. The molecule has 2 amide bonds. The Kier molecular flexibility index (Phi) is 4.03. The molecule has 0 saturated heterocycles. The summed E-state index contributed by atoms with van der Waals surface area (Å²) in [6.07, 6.45) is 7.00. The zero-order valence-electron chi connectivity index (χ0n) is 12.7. The van der Waals surface area contributed by atoms with Gasteiger partial charge < -0.3 is 4.90 Å². The zero-order valence-corrected chi connectivity index (χ0v) is 13.6. The van der Waals surface area contributed by atoms with Gasteiger partial charge in [0.05, 0.1) is 6.42 Å². The van der Waals surface area contributed by atoms with Crippen molar-refractivity contribution in [3.8, 4) is 0 Å². The summed E-state index contributed by atoms with van der Waals surface area (Å²) in [5.41, 5.74) is -1.07.